The molecule has 1 unspecified atom stereocenters. The van der Waals surface area contributed by atoms with Gasteiger partial charge in [0.25, 0.3) is 0 Å². The molecule has 17 heavy (non-hydrogen) atoms. The van der Waals surface area contributed by atoms with E-state index in [0.717, 1.165) is 31.0 Å². The van der Waals surface area contributed by atoms with Crippen molar-refractivity contribution in [3.8, 4) is 5.75 Å². The molecule has 0 amide bonds. The first-order chi connectivity index (χ1) is 8.16. The summed E-state index contributed by atoms with van der Waals surface area (Å²) in [7, 11) is 0. The molecule has 4 heteroatoms. The Morgan fingerprint density at radius 1 is 1.35 bits per heavy atom. The Labute approximate surface area is 98.6 Å². The molecule has 0 aromatic heterocycles. The number of carbonyl (C=O) groups is 1. The van der Waals surface area contributed by atoms with Crippen LogP contribution in [0.5, 0.6) is 5.75 Å². The van der Waals surface area contributed by atoms with E-state index in [-0.39, 0.29) is 24.1 Å². The second-order valence-corrected chi connectivity index (χ2v) is 4.27. The maximum atomic E-state index is 13.2. The lowest BCUT2D eigenvalue weighted by atomic mass is 10.0. The summed E-state index contributed by atoms with van der Waals surface area (Å²) in [6, 6.07) is 3.10. The number of rotatable bonds is 4. The van der Waals surface area contributed by atoms with E-state index < -0.39 is 11.6 Å². The number of benzene rings is 1. The van der Waals surface area contributed by atoms with Crippen molar-refractivity contribution < 1.29 is 18.3 Å². The van der Waals surface area contributed by atoms with Crippen LogP contribution in [-0.4, -0.2) is 12.4 Å². The third-order valence-corrected chi connectivity index (χ3v) is 3.05. The molecule has 0 spiro atoms. The number of Topliss-reactive ketones (excluding diaryl/α,β-unsaturated/α-hetero) is 1. The minimum Gasteiger partial charge on any atom is -0.490 e. The van der Waals surface area contributed by atoms with Gasteiger partial charge in [0.15, 0.2) is 11.6 Å². The van der Waals surface area contributed by atoms with Gasteiger partial charge in [-0.2, -0.15) is 0 Å². The number of hydrogen-bond donors (Lipinski definition) is 0. The zero-order valence-corrected chi connectivity index (χ0v) is 9.42. The predicted molar refractivity (Wildman–Crippen MR) is 58.8 cm³/mol. The molecule has 1 fully saturated rings. The molecule has 1 aromatic carbocycles. The minimum atomic E-state index is -0.579. The molecule has 0 bridgehead atoms. The standard InChI is InChI=1S/C13H14F2O2/c14-10-4-5-11(15)13(8-10)17-7-6-9-2-1-3-12(9)16/h4-5,8-9H,1-3,6-7H2. The van der Waals surface area contributed by atoms with Gasteiger partial charge in [-0.1, -0.05) is 0 Å². The molecule has 1 aliphatic carbocycles. The SMILES string of the molecule is O=C1CCCC1CCOc1cc(F)ccc1F. The highest BCUT2D eigenvalue weighted by atomic mass is 19.1. The second-order valence-electron chi connectivity index (χ2n) is 4.27. The summed E-state index contributed by atoms with van der Waals surface area (Å²) < 4.78 is 31.2. The summed E-state index contributed by atoms with van der Waals surface area (Å²) in [5.74, 6) is -0.905. The third-order valence-electron chi connectivity index (χ3n) is 3.05. The lowest BCUT2D eigenvalue weighted by Gasteiger charge is -2.10. The maximum Gasteiger partial charge on any atom is 0.165 e. The highest BCUT2D eigenvalue weighted by molar-refractivity contribution is 5.82. The van der Waals surface area contributed by atoms with Gasteiger partial charge >= 0.3 is 0 Å². The van der Waals surface area contributed by atoms with Gasteiger partial charge in [0.1, 0.15) is 11.6 Å². The Kier molecular flexibility index (Phi) is 3.71. The highest BCUT2D eigenvalue weighted by Crippen LogP contribution is 2.25. The predicted octanol–water partition coefficient (Wildman–Crippen LogP) is 3.10. The van der Waals surface area contributed by atoms with Crippen molar-refractivity contribution in [2.24, 2.45) is 5.92 Å². The normalized spacial score (nSPS) is 19.6. The number of hydrogen-bond acceptors (Lipinski definition) is 2. The van der Waals surface area contributed by atoms with Crippen LogP contribution in [0.1, 0.15) is 25.7 Å². The fourth-order valence-electron chi connectivity index (χ4n) is 2.09. The van der Waals surface area contributed by atoms with Gasteiger partial charge in [-0.15, -0.1) is 0 Å². The molecule has 2 rings (SSSR count). The lowest BCUT2D eigenvalue weighted by molar-refractivity contribution is -0.121. The van der Waals surface area contributed by atoms with Gasteiger partial charge in [-0.25, -0.2) is 8.78 Å². The zero-order valence-electron chi connectivity index (χ0n) is 9.42. The van der Waals surface area contributed by atoms with Crippen molar-refractivity contribution in [2.75, 3.05) is 6.61 Å². The van der Waals surface area contributed by atoms with Gasteiger partial charge in [0.05, 0.1) is 6.61 Å². The van der Waals surface area contributed by atoms with Gasteiger partial charge in [0, 0.05) is 18.4 Å². The van der Waals surface area contributed by atoms with Crippen molar-refractivity contribution >= 4 is 5.78 Å². The largest absolute Gasteiger partial charge is 0.490 e. The smallest absolute Gasteiger partial charge is 0.165 e. The molecule has 1 aliphatic rings. The van der Waals surface area contributed by atoms with Gasteiger partial charge < -0.3 is 4.74 Å². The molecule has 1 atom stereocenters. The third kappa shape index (κ3) is 3.02. The fraction of sp³-hybridized carbons (Fsp3) is 0.462. The van der Waals surface area contributed by atoms with Crippen molar-refractivity contribution in [3.05, 3.63) is 29.8 Å². The van der Waals surface area contributed by atoms with Crippen LogP contribution in [0, 0.1) is 17.6 Å². The van der Waals surface area contributed by atoms with Crippen LogP contribution in [0.3, 0.4) is 0 Å². The molecule has 0 aliphatic heterocycles. The van der Waals surface area contributed by atoms with E-state index >= 15 is 0 Å². The van der Waals surface area contributed by atoms with E-state index in [1.54, 1.807) is 0 Å². The van der Waals surface area contributed by atoms with Crippen LogP contribution in [0.4, 0.5) is 8.78 Å². The van der Waals surface area contributed by atoms with Crippen LogP contribution in [0.2, 0.25) is 0 Å². The maximum absolute atomic E-state index is 13.2. The summed E-state index contributed by atoms with van der Waals surface area (Å²) in [4.78, 5) is 11.3. The molecular weight excluding hydrogens is 226 g/mol. The van der Waals surface area contributed by atoms with Crippen LogP contribution in [-0.2, 0) is 4.79 Å². The average Bonchev–Trinajstić information content (AvgIpc) is 2.70. The van der Waals surface area contributed by atoms with Gasteiger partial charge in [-0.05, 0) is 31.4 Å². The fourth-order valence-corrected chi connectivity index (χ4v) is 2.09. The second kappa shape index (κ2) is 5.25. The van der Waals surface area contributed by atoms with Crippen molar-refractivity contribution in [3.63, 3.8) is 0 Å². The first kappa shape index (κ1) is 12.0. The Balaban J connectivity index is 1.85. The van der Waals surface area contributed by atoms with Crippen molar-refractivity contribution in [2.45, 2.75) is 25.7 Å². The Morgan fingerprint density at radius 2 is 2.18 bits per heavy atom. The Hall–Kier alpha value is -1.45. The van der Waals surface area contributed by atoms with Crippen LogP contribution in [0.25, 0.3) is 0 Å². The van der Waals surface area contributed by atoms with Gasteiger partial charge in [0.2, 0.25) is 0 Å². The lowest BCUT2D eigenvalue weighted by Crippen LogP contribution is -2.11. The molecule has 1 saturated carbocycles. The molecule has 0 heterocycles. The molecular formula is C13H14F2O2. The minimum absolute atomic E-state index is 0.0339. The number of halogens is 2. The Bertz CT molecular complexity index is 418. The van der Waals surface area contributed by atoms with Gasteiger partial charge in [-0.3, -0.25) is 4.79 Å². The van der Waals surface area contributed by atoms with Crippen LogP contribution in [0.15, 0.2) is 18.2 Å². The average molecular weight is 240 g/mol. The van der Waals surface area contributed by atoms with Crippen molar-refractivity contribution in [1.29, 1.82) is 0 Å². The molecule has 0 N–H and O–H groups in total. The number of ketones is 1. The van der Waals surface area contributed by atoms with Crippen LogP contribution < -0.4 is 4.74 Å². The molecule has 0 saturated heterocycles. The number of ether oxygens (including phenoxy) is 1. The quantitative estimate of drug-likeness (QED) is 0.808. The molecule has 92 valence electrons. The summed E-state index contributed by atoms with van der Waals surface area (Å²) in [5.41, 5.74) is 0. The molecule has 2 nitrogen and oxygen atoms in total. The highest BCUT2D eigenvalue weighted by Gasteiger charge is 2.24. The topological polar surface area (TPSA) is 26.3 Å². The molecule has 1 aromatic rings. The first-order valence-corrected chi connectivity index (χ1v) is 5.77. The summed E-state index contributed by atoms with van der Waals surface area (Å²) >= 11 is 0. The van der Waals surface area contributed by atoms with E-state index in [9.17, 15) is 13.6 Å². The summed E-state index contributed by atoms with van der Waals surface area (Å²) in [5, 5.41) is 0. The van der Waals surface area contributed by atoms with E-state index in [1.807, 2.05) is 0 Å². The van der Waals surface area contributed by atoms with E-state index in [0.29, 0.717) is 12.8 Å². The zero-order chi connectivity index (χ0) is 12.3. The monoisotopic (exact) mass is 240 g/mol. The van der Waals surface area contributed by atoms with E-state index in [2.05, 4.69) is 0 Å². The van der Waals surface area contributed by atoms with E-state index in [4.69, 9.17) is 4.74 Å². The summed E-state index contributed by atoms with van der Waals surface area (Å²) in [6.07, 6.45) is 3.03. The molecule has 0 radical (unpaired) electrons. The Morgan fingerprint density at radius 3 is 2.88 bits per heavy atom. The summed E-state index contributed by atoms with van der Waals surface area (Å²) in [6.45, 7) is 0.247. The van der Waals surface area contributed by atoms with Crippen LogP contribution >= 0.6 is 0 Å². The van der Waals surface area contributed by atoms with E-state index in [1.165, 1.54) is 0 Å². The first-order valence-electron chi connectivity index (χ1n) is 5.77. The van der Waals surface area contributed by atoms with Crippen molar-refractivity contribution in [1.82, 2.24) is 0 Å². The number of carbonyl (C=O) groups excluding carboxylic acids is 1.